The zero-order valence-corrected chi connectivity index (χ0v) is 10.2. The van der Waals surface area contributed by atoms with Crippen LogP contribution < -0.4 is 4.90 Å². The van der Waals surface area contributed by atoms with Crippen molar-refractivity contribution in [2.45, 2.75) is 25.3 Å². The maximum atomic E-state index is 9.04. The van der Waals surface area contributed by atoms with Gasteiger partial charge in [0.2, 0.25) is 0 Å². The Balaban J connectivity index is 2.12. The number of anilines is 1. The van der Waals surface area contributed by atoms with Gasteiger partial charge in [0.25, 0.3) is 0 Å². The molecule has 82 valence electrons. The molecule has 2 rings (SSSR count). The standard InChI is InChI=1S/C11H15BrN2O/c12-9-4-5-11(13-8-9)14(6-7-15)10-2-1-3-10/h4-5,8,10,15H,1-3,6-7H2. The molecule has 1 aromatic rings. The maximum Gasteiger partial charge on any atom is 0.128 e. The quantitative estimate of drug-likeness (QED) is 0.912. The summed E-state index contributed by atoms with van der Waals surface area (Å²) in [6.07, 6.45) is 5.54. The molecule has 4 heteroatoms. The number of nitrogens with zero attached hydrogens (tertiary/aromatic N) is 2. The minimum Gasteiger partial charge on any atom is -0.395 e. The van der Waals surface area contributed by atoms with Crippen LogP contribution in [0.3, 0.4) is 0 Å². The van der Waals surface area contributed by atoms with Crippen LogP contribution in [0.4, 0.5) is 5.82 Å². The molecule has 0 saturated heterocycles. The molecular formula is C11H15BrN2O. The number of hydrogen-bond donors (Lipinski definition) is 1. The Morgan fingerprint density at radius 3 is 2.73 bits per heavy atom. The Kier molecular flexibility index (Phi) is 3.59. The van der Waals surface area contributed by atoms with Crippen LogP contribution in [-0.2, 0) is 0 Å². The van der Waals surface area contributed by atoms with Gasteiger partial charge in [-0.25, -0.2) is 4.98 Å². The molecule has 0 amide bonds. The van der Waals surface area contributed by atoms with E-state index in [0.717, 1.165) is 10.3 Å². The van der Waals surface area contributed by atoms with Gasteiger partial charge in [0.1, 0.15) is 5.82 Å². The van der Waals surface area contributed by atoms with Crippen LogP contribution in [-0.4, -0.2) is 29.3 Å². The van der Waals surface area contributed by atoms with Crippen LogP contribution >= 0.6 is 15.9 Å². The molecule has 0 unspecified atom stereocenters. The van der Waals surface area contributed by atoms with E-state index in [1.807, 2.05) is 12.1 Å². The third kappa shape index (κ3) is 2.49. The van der Waals surface area contributed by atoms with Crippen molar-refractivity contribution in [1.29, 1.82) is 0 Å². The molecule has 15 heavy (non-hydrogen) atoms. The van der Waals surface area contributed by atoms with Crippen molar-refractivity contribution in [1.82, 2.24) is 4.98 Å². The molecule has 1 fully saturated rings. The van der Waals surface area contributed by atoms with E-state index in [2.05, 4.69) is 25.8 Å². The van der Waals surface area contributed by atoms with E-state index in [1.165, 1.54) is 19.3 Å². The molecule has 1 aliphatic rings. The summed E-state index contributed by atoms with van der Waals surface area (Å²) < 4.78 is 0.990. The molecule has 1 N–H and O–H groups in total. The fourth-order valence-electron chi connectivity index (χ4n) is 1.83. The van der Waals surface area contributed by atoms with Crippen LogP contribution in [0.15, 0.2) is 22.8 Å². The van der Waals surface area contributed by atoms with E-state index < -0.39 is 0 Å². The highest BCUT2D eigenvalue weighted by molar-refractivity contribution is 9.10. The Morgan fingerprint density at radius 1 is 1.47 bits per heavy atom. The van der Waals surface area contributed by atoms with E-state index in [4.69, 9.17) is 5.11 Å². The second-order valence-electron chi connectivity index (χ2n) is 3.84. The summed E-state index contributed by atoms with van der Waals surface area (Å²) >= 11 is 3.37. The topological polar surface area (TPSA) is 36.4 Å². The van der Waals surface area contributed by atoms with Gasteiger partial charge in [0.15, 0.2) is 0 Å². The molecule has 0 atom stereocenters. The van der Waals surface area contributed by atoms with Gasteiger partial charge in [-0.15, -0.1) is 0 Å². The smallest absolute Gasteiger partial charge is 0.128 e. The van der Waals surface area contributed by atoms with Crippen molar-refractivity contribution in [3.8, 4) is 0 Å². The summed E-state index contributed by atoms with van der Waals surface area (Å²) in [5.41, 5.74) is 0. The first kappa shape index (κ1) is 10.9. The van der Waals surface area contributed by atoms with Gasteiger partial charge in [0.05, 0.1) is 6.61 Å². The Morgan fingerprint density at radius 2 is 2.27 bits per heavy atom. The first-order chi connectivity index (χ1) is 7.31. The molecule has 0 spiro atoms. The van der Waals surface area contributed by atoms with Crippen LogP contribution in [0.1, 0.15) is 19.3 Å². The summed E-state index contributed by atoms with van der Waals surface area (Å²) in [6.45, 7) is 0.869. The molecule has 1 aromatic heterocycles. The minimum absolute atomic E-state index is 0.189. The summed E-state index contributed by atoms with van der Waals surface area (Å²) in [5, 5.41) is 9.04. The van der Waals surface area contributed by atoms with Crippen molar-refractivity contribution in [2.24, 2.45) is 0 Å². The number of hydrogen-bond acceptors (Lipinski definition) is 3. The van der Waals surface area contributed by atoms with E-state index in [-0.39, 0.29) is 6.61 Å². The Bertz CT molecular complexity index is 311. The molecule has 1 saturated carbocycles. The molecule has 0 aromatic carbocycles. The van der Waals surface area contributed by atoms with Gasteiger partial charge in [-0.2, -0.15) is 0 Å². The summed E-state index contributed by atoms with van der Waals surface area (Å²) in [7, 11) is 0. The second kappa shape index (κ2) is 4.94. The van der Waals surface area contributed by atoms with Gasteiger partial charge in [0, 0.05) is 23.3 Å². The highest BCUT2D eigenvalue weighted by Crippen LogP contribution is 2.28. The zero-order chi connectivity index (χ0) is 10.7. The lowest BCUT2D eigenvalue weighted by Crippen LogP contribution is -2.42. The highest BCUT2D eigenvalue weighted by Gasteiger charge is 2.25. The third-order valence-corrected chi connectivity index (χ3v) is 3.33. The van der Waals surface area contributed by atoms with Crippen molar-refractivity contribution >= 4 is 21.7 Å². The fourth-order valence-corrected chi connectivity index (χ4v) is 2.06. The SMILES string of the molecule is OCCN(c1ccc(Br)cn1)C1CCC1. The number of aliphatic hydroxyl groups excluding tert-OH is 1. The van der Waals surface area contributed by atoms with Crippen LogP contribution in [0.25, 0.3) is 0 Å². The van der Waals surface area contributed by atoms with Crippen molar-refractivity contribution < 1.29 is 5.11 Å². The number of pyridine rings is 1. The monoisotopic (exact) mass is 270 g/mol. The first-order valence-electron chi connectivity index (χ1n) is 5.30. The van der Waals surface area contributed by atoms with Gasteiger partial charge in [-0.05, 0) is 47.3 Å². The van der Waals surface area contributed by atoms with E-state index in [9.17, 15) is 0 Å². The number of aliphatic hydroxyl groups is 1. The predicted molar refractivity (Wildman–Crippen MR) is 64.0 cm³/mol. The van der Waals surface area contributed by atoms with Crippen molar-refractivity contribution in [2.75, 3.05) is 18.1 Å². The Hall–Kier alpha value is -0.610. The first-order valence-corrected chi connectivity index (χ1v) is 6.09. The van der Waals surface area contributed by atoms with Crippen molar-refractivity contribution in [3.63, 3.8) is 0 Å². The average Bonchev–Trinajstić information content (AvgIpc) is 2.16. The third-order valence-electron chi connectivity index (χ3n) is 2.86. The van der Waals surface area contributed by atoms with Crippen LogP contribution in [0.2, 0.25) is 0 Å². The Labute approximate surface area is 98.3 Å². The summed E-state index contributed by atoms with van der Waals surface area (Å²) in [6, 6.07) is 4.56. The van der Waals surface area contributed by atoms with Crippen molar-refractivity contribution in [3.05, 3.63) is 22.8 Å². The van der Waals surface area contributed by atoms with Gasteiger partial charge in [-0.1, -0.05) is 0 Å². The largest absolute Gasteiger partial charge is 0.395 e. The molecule has 1 aliphatic carbocycles. The normalized spacial score (nSPS) is 16.1. The lowest BCUT2D eigenvalue weighted by Gasteiger charge is -2.38. The summed E-state index contributed by atoms with van der Waals surface area (Å²) in [4.78, 5) is 6.57. The van der Waals surface area contributed by atoms with Crippen LogP contribution in [0, 0.1) is 0 Å². The van der Waals surface area contributed by atoms with E-state index >= 15 is 0 Å². The fraction of sp³-hybridized carbons (Fsp3) is 0.545. The molecule has 0 aliphatic heterocycles. The molecular weight excluding hydrogens is 256 g/mol. The molecule has 0 bridgehead atoms. The minimum atomic E-state index is 0.189. The molecule has 3 nitrogen and oxygen atoms in total. The van der Waals surface area contributed by atoms with Crippen LogP contribution in [0.5, 0.6) is 0 Å². The zero-order valence-electron chi connectivity index (χ0n) is 8.56. The summed E-state index contributed by atoms with van der Waals surface area (Å²) in [5.74, 6) is 0.969. The second-order valence-corrected chi connectivity index (χ2v) is 4.75. The number of rotatable bonds is 4. The lowest BCUT2D eigenvalue weighted by atomic mass is 9.91. The van der Waals surface area contributed by atoms with E-state index in [1.54, 1.807) is 6.20 Å². The van der Waals surface area contributed by atoms with E-state index in [0.29, 0.717) is 12.6 Å². The lowest BCUT2D eigenvalue weighted by molar-refractivity contribution is 0.283. The van der Waals surface area contributed by atoms with Gasteiger partial charge >= 0.3 is 0 Å². The molecule has 1 heterocycles. The molecule has 0 radical (unpaired) electrons. The highest BCUT2D eigenvalue weighted by atomic mass is 79.9. The average molecular weight is 271 g/mol. The maximum absolute atomic E-state index is 9.04. The predicted octanol–water partition coefficient (Wildman–Crippen LogP) is 2.20. The number of halogens is 1. The van der Waals surface area contributed by atoms with Gasteiger partial charge in [-0.3, -0.25) is 0 Å². The van der Waals surface area contributed by atoms with Gasteiger partial charge < -0.3 is 10.0 Å². The number of aromatic nitrogens is 1.